The van der Waals surface area contributed by atoms with Crippen molar-refractivity contribution in [1.29, 1.82) is 0 Å². The van der Waals surface area contributed by atoms with Crippen molar-refractivity contribution in [2.24, 2.45) is 4.99 Å². The Labute approximate surface area is 165 Å². The molecule has 1 fully saturated rings. The van der Waals surface area contributed by atoms with E-state index in [2.05, 4.69) is 20.6 Å². The van der Waals surface area contributed by atoms with E-state index in [4.69, 9.17) is 9.15 Å². The van der Waals surface area contributed by atoms with E-state index in [9.17, 15) is 4.39 Å². The second-order valence-corrected chi connectivity index (χ2v) is 6.63. The summed E-state index contributed by atoms with van der Waals surface area (Å²) in [5.74, 6) is 1.75. The molecule has 1 aliphatic heterocycles. The smallest absolute Gasteiger partial charge is 0.191 e. The summed E-state index contributed by atoms with van der Waals surface area (Å²) in [5, 5.41) is 6.70. The van der Waals surface area contributed by atoms with Gasteiger partial charge in [0.05, 0.1) is 6.26 Å². The van der Waals surface area contributed by atoms with Crippen LogP contribution in [0.25, 0.3) is 0 Å². The highest BCUT2D eigenvalue weighted by atomic mass is 19.1. The van der Waals surface area contributed by atoms with Gasteiger partial charge in [0.25, 0.3) is 0 Å². The normalized spacial score (nSPS) is 17.1. The summed E-state index contributed by atoms with van der Waals surface area (Å²) in [6.07, 6.45) is 5.00. The van der Waals surface area contributed by atoms with Crippen LogP contribution in [0.1, 0.15) is 25.5 Å². The number of aliphatic imine (C=N–C) groups is 1. The minimum Gasteiger partial charge on any atom is -0.467 e. The molecule has 0 saturated carbocycles. The fourth-order valence-corrected chi connectivity index (χ4v) is 3.12. The van der Waals surface area contributed by atoms with Crippen LogP contribution in [-0.4, -0.2) is 49.8 Å². The zero-order chi connectivity index (χ0) is 19.6. The van der Waals surface area contributed by atoms with Crippen LogP contribution in [0.15, 0.2) is 46.1 Å². The van der Waals surface area contributed by atoms with E-state index in [0.717, 1.165) is 37.7 Å². The molecule has 1 atom stereocenters. The maximum Gasteiger partial charge on any atom is 0.191 e. The third-order valence-electron chi connectivity index (χ3n) is 4.45. The van der Waals surface area contributed by atoms with Crippen LogP contribution in [0, 0.1) is 5.82 Å². The zero-order valence-corrected chi connectivity index (χ0v) is 16.2. The van der Waals surface area contributed by atoms with E-state index >= 15 is 0 Å². The van der Waals surface area contributed by atoms with Gasteiger partial charge in [-0.2, -0.15) is 0 Å². The number of halogens is 1. The van der Waals surface area contributed by atoms with E-state index < -0.39 is 0 Å². The van der Waals surface area contributed by atoms with Gasteiger partial charge in [0, 0.05) is 45.0 Å². The van der Waals surface area contributed by atoms with Crippen LogP contribution >= 0.6 is 0 Å². The van der Waals surface area contributed by atoms with Crippen molar-refractivity contribution in [1.82, 2.24) is 15.6 Å². The average Bonchev–Trinajstić information content (AvgIpc) is 3.37. The minimum atomic E-state index is -0.279. The Balaban J connectivity index is 1.41. The van der Waals surface area contributed by atoms with E-state index in [1.807, 2.05) is 24.0 Å². The van der Waals surface area contributed by atoms with Crippen molar-refractivity contribution in [3.63, 3.8) is 0 Å². The second-order valence-electron chi connectivity index (χ2n) is 6.63. The number of hydrogen-bond donors (Lipinski definition) is 2. The third kappa shape index (κ3) is 5.95. The minimum absolute atomic E-state index is 0.203. The molecule has 2 aromatic rings. The Bertz CT molecular complexity index is 738. The van der Waals surface area contributed by atoms with Crippen molar-refractivity contribution >= 4 is 11.8 Å². The Kier molecular flexibility index (Phi) is 7.66. The third-order valence-corrected chi connectivity index (χ3v) is 4.45. The molecule has 0 bridgehead atoms. The number of ether oxygens (including phenoxy) is 1. The van der Waals surface area contributed by atoms with Crippen molar-refractivity contribution in [3.8, 4) is 0 Å². The highest BCUT2D eigenvalue weighted by Crippen LogP contribution is 2.20. The highest BCUT2D eigenvalue weighted by Gasteiger charge is 2.25. The molecule has 3 rings (SSSR count). The molecule has 7 nitrogen and oxygen atoms in total. The number of pyridine rings is 1. The lowest BCUT2D eigenvalue weighted by Crippen LogP contribution is -2.44. The quantitative estimate of drug-likeness (QED) is 0.390. The summed E-state index contributed by atoms with van der Waals surface area (Å²) in [6, 6.07) is 7.01. The van der Waals surface area contributed by atoms with Crippen LogP contribution in [-0.2, 0) is 11.3 Å². The Morgan fingerprint density at radius 3 is 3.14 bits per heavy atom. The highest BCUT2D eigenvalue weighted by molar-refractivity contribution is 5.80. The molecule has 1 saturated heterocycles. The molecule has 0 spiro atoms. The average molecular weight is 389 g/mol. The molecule has 0 radical (unpaired) electrons. The van der Waals surface area contributed by atoms with E-state index in [0.29, 0.717) is 32.1 Å². The van der Waals surface area contributed by atoms with E-state index in [1.165, 1.54) is 6.07 Å². The van der Waals surface area contributed by atoms with E-state index in [1.54, 1.807) is 18.5 Å². The first-order valence-electron chi connectivity index (χ1n) is 9.76. The summed E-state index contributed by atoms with van der Waals surface area (Å²) < 4.78 is 24.7. The number of rotatable bonds is 9. The lowest BCUT2D eigenvalue weighted by Gasteiger charge is -2.19. The number of furan rings is 1. The molecule has 0 aliphatic carbocycles. The van der Waals surface area contributed by atoms with Gasteiger partial charge >= 0.3 is 0 Å². The summed E-state index contributed by atoms with van der Waals surface area (Å²) >= 11 is 0. The van der Waals surface area contributed by atoms with Gasteiger partial charge in [-0.25, -0.2) is 9.37 Å². The summed E-state index contributed by atoms with van der Waals surface area (Å²) in [4.78, 5) is 10.7. The number of nitrogens with one attached hydrogen (secondary N) is 2. The van der Waals surface area contributed by atoms with Gasteiger partial charge in [-0.3, -0.25) is 4.99 Å². The lowest BCUT2D eigenvalue weighted by molar-refractivity contribution is 0.105. The lowest BCUT2D eigenvalue weighted by atomic mass is 10.3. The van der Waals surface area contributed by atoms with Crippen molar-refractivity contribution < 1.29 is 13.5 Å². The molecule has 1 aliphatic rings. The van der Waals surface area contributed by atoms with Gasteiger partial charge in [-0.05, 0) is 44.0 Å². The molecule has 2 N–H and O–H groups in total. The molecule has 152 valence electrons. The first kappa shape index (κ1) is 20.1. The van der Waals surface area contributed by atoms with Crippen molar-refractivity contribution in [3.05, 3.63) is 48.3 Å². The maximum absolute atomic E-state index is 13.9. The predicted molar refractivity (Wildman–Crippen MR) is 107 cm³/mol. The number of hydrogen-bond acceptors (Lipinski definition) is 5. The van der Waals surface area contributed by atoms with E-state index in [-0.39, 0.29) is 11.9 Å². The predicted octanol–water partition coefficient (Wildman–Crippen LogP) is 2.55. The molecule has 1 unspecified atom stereocenters. The van der Waals surface area contributed by atoms with Gasteiger partial charge in [-0.15, -0.1) is 0 Å². The molecule has 8 heteroatoms. The summed E-state index contributed by atoms with van der Waals surface area (Å²) in [5.41, 5.74) is 0. The molecule has 3 heterocycles. The monoisotopic (exact) mass is 389 g/mol. The molecule has 28 heavy (non-hydrogen) atoms. The first-order chi connectivity index (χ1) is 13.8. The summed E-state index contributed by atoms with van der Waals surface area (Å²) in [6.45, 7) is 6.06. The number of anilines is 1. The van der Waals surface area contributed by atoms with Crippen LogP contribution in [0.3, 0.4) is 0 Å². The van der Waals surface area contributed by atoms with Crippen molar-refractivity contribution in [2.45, 2.75) is 32.4 Å². The second kappa shape index (κ2) is 10.7. The largest absolute Gasteiger partial charge is 0.467 e. The molecule has 0 aromatic carbocycles. The fourth-order valence-electron chi connectivity index (χ4n) is 3.12. The zero-order valence-electron chi connectivity index (χ0n) is 16.2. The number of guanidine groups is 1. The van der Waals surface area contributed by atoms with Crippen LogP contribution < -0.4 is 15.5 Å². The molecular weight excluding hydrogens is 361 g/mol. The van der Waals surface area contributed by atoms with Gasteiger partial charge in [0.15, 0.2) is 17.6 Å². The Hall–Kier alpha value is -2.61. The van der Waals surface area contributed by atoms with Crippen LogP contribution in [0.2, 0.25) is 0 Å². The van der Waals surface area contributed by atoms with Gasteiger partial charge in [0.1, 0.15) is 12.4 Å². The SMILES string of the molecule is CCNC(=NCCCOCc1ccco1)NC1CCN(c2ncccc2F)C1. The van der Waals surface area contributed by atoms with Crippen molar-refractivity contribution in [2.75, 3.05) is 37.7 Å². The number of nitrogens with zero attached hydrogens (tertiary/aromatic N) is 3. The Morgan fingerprint density at radius 1 is 1.43 bits per heavy atom. The van der Waals surface area contributed by atoms with Crippen LogP contribution in [0.5, 0.6) is 0 Å². The Morgan fingerprint density at radius 2 is 2.36 bits per heavy atom. The number of aromatic nitrogens is 1. The molecule has 0 amide bonds. The van der Waals surface area contributed by atoms with Gasteiger partial charge in [0.2, 0.25) is 0 Å². The van der Waals surface area contributed by atoms with Crippen LogP contribution in [0.4, 0.5) is 10.2 Å². The first-order valence-corrected chi connectivity index (χ1v) is 9.76. The van der Waals surface area contributed by atoms with Gasteiger partial charge in [-0.1, -0.05) is 0 Å². The maximum atomic E-state index is 13.9. The van der Waals surface area contributed by atoms with Gasteiger partial charge < -0.3 is 24.7 Å². The fraction of sp³-hybridized carbons (Fsp3) is 0.500. The molecular formula is C20H28FN5O2. The topological polar surface area (TPSA) is 74.9 Å². The summed E-state index contributed by atoms with van der Waals surface area (Å²) in [7, 11) is 0. The standard InChI is InChI=1S/C20H28FN5O2/c1-2-22-20(24-10-5-12-27-15-17-6-4-13-28-17)25-16-8-11-26(14-16)19-18(21)7-3-9-23-19/h3-4,6-7,9,13,16H,2,5,8,10-12,14-15H2,1H3,(H2,22,24,25). The molecule has 2 aromatic heterocycles.